The van der Waals surface area contributed by atoms with Crippen LogP contribution in [0.25, 0.3) is 0 Å². The van der Waals surface area contributed by atoms with Crippen molar-refractivity contribution in [1.29, 1.82) is 0 Å². The highest BCUT2D eigenvalue weighted by atomic mass is 32.2. The molecule has 336 valence electrons. The van der Waals surface area contributed by atoms with E-state index < -0.39 is 69.7 Å². The molecule has 1 aromatic heterocycles. The molecule has 66 heavy (non-hydrogen) atoms. The molecule has 0 spiro atoms. The van der Waals surface area contributed by atoms with Crippen LogP contribution in [-0.2, 0) is 56.0 Å². The van der Waals surface area contributed by atoms with Gasteiger partial charge >= 0.3 is 17.9 Å². The number of thioether (sulfide) groups is 1. The molecule has 1 saturated heterocycles. The van der Waals surface area contributed by atoms with Crippen LogP contribution in [0.15, 0.2) is 162 Å². The molecule has 18 heteroatoms. The number of benzene rings is 5. The summed E-state index contributed by atoms with van der Waals surface area (Å²) in [6.07, 6.45) is -1.87. The quantitative estimate of drug-likeness (QED) is 0.0327. The van der Waals surface area contributed by atoms with Gasteiger partial charge in [-0.3, -0.25) is 28.3 Å². The summed E-state index contributed by atoms with van der Waals surface area (Å²) in [5.41, 5.74) is 0.455. The molecule has 1 fully saturated rings. The fourth-order valence-electron chi connectivity index (χ4n) is 7.78. The van der Waals surface area contributed by atoms with Gasteiger partial charge in [0.1, 0.15) is 11.4 Å². The van der Waals surface area contributed by atoms with E-state index in [-0.39, 0.29) is 28.5 Å². The predicted molar refractivity (Wildman–Crippen MR) is 240 cm³/mol. The van der Waals surface area contributed by atoms with Gasteiger partial charge in [-0.05, 0) is 55.9 Å². The second-order valence-electron chi connectivity index (χ2n) is 15.1. The lowest BCUT2D eigenvalue weighted by atomic mass is 9.93. The molecule has 0 aliphatic carbocycles. The summed E-state index contributed by atoms with van der Waals surface area (Å²) in [6.45, 7) is 1.23. The lowest BCUT2D eigenvalue weighted by molar-refractivity contribution is -0.194. The van der Waals surface area contributed by atoms with Crippen LogP contribution in [0.2, 0.25) is 0 Å². The number of ether oxygens (including phenoxy) is 4. The van der Waals surface area contributed by atoms with E-state index in [0.29, 0.717) is 33.0 Å². The lowest BCUT2D eigenvalue weighted by Gasteiger charge is -2.55. The Morgan fingerprint density at radius 1 is 0.773 bits per heavy atom. The molecule has 16 nitrogen and oxygen atoms in total. The van der Waals surface area contributed by atoms with Crippen LogP contribution >= 0.6 is 11.8 Å². The number of aromatic nitrogens is 4. The van der Waals surface area contributed by atoms with Crippen LogP contribution in [0, 0.1) is 0 Å². The maximum absolute atomic E-state index is 14.8. The number of carbonyl (C=O) groups excluding carboxylic acids is 5. The Morgan fingerprint density at radius 3 is 1.76 bits per heavy atom. The summed E-state index contributed by atoms with van der Waals surface area (Å²) >= 11 is 1.16. The van der Waals surface area contributed by atoms with Crippen molar-refractivity contribution in [2.24, 2.45) is 7.05 Å². The van der Waals surface area contributed by atoms with Gasteiger partial charge in [0.2, 0.25) is 11.1 Å². The molecule has 0 saturated carbocycles. The Bertz CT molecular complexity index is 2720. The SMILES string of the molecule is CO[C@@]1(NC(=O)C(C(=O)OC(c2ccccc2)c2ccccc2)c2ccc(OC(C)=O)cc2)C(=O)N2C(C(=O)OC(c3ccccc3)c3ccccc3)=C(CSc3nnnn3C)CS(=O)[C@H]21. The van der Waals surface area contributed by atoms with Gasteiger partial charge < -0.3 is 24.3 Å². The van der Waals surface area contributed by atoms with Crippen molar-refractivity contribution in [3.63, 3.8) is 0 Å². The molecule has 3 heterocycles. The highest BCUT2D eigenvalue weighted by Crippen LogP contribution is 2.44. The van der Waals surface area contributed by atoms with E-state index in [1.807, 2.05) is 72.8 Å². The van der Waals surface area contributed by atoms with E-state index in [1.54, 1.807) is 55.6 Å². The average molecular weight is 927 g/mol. The van der Waals surface area contributed by atoms with Crippen molar-refractivity contribution < 1.29 is 47.1 Å². The number of hydrogen-bond acceptors (Lipinski definition) is 14. The Morgan fingerprint density at radius 2 is 1.29 bits per heavy atom. The Kier molecular flexibility index (Phi) is 13.6. The molecule has 5 aromatic carbocycles. The second-order valence-corrected chi connectivity index (χ2v) is 17.6. The van der Waals surface area contributed by atoms with Crippen molar-refractivity contribution in [1.82, 2.24) is 30.4 Å². The molecule has 2 aliphatic heterocycles. The van der Waals surface area contributed by atoms with Crippen LogP contribution < -0.4 is 10.1 Å². The van der Waals surface area contributed by atoms with Gasteiger partial charge in [0.15, 0.2) is 23.5 Å². The highest BCUT2D eigenvalue weighted by molar-refractivity contribution is 7.99. The molecule has 2 amide bonds. The van der Waals surface area contributed by atoms with E-state index >= 15 is 0 Å². The number of hydrogen-bond donors (Lipinski definition) is 1. The largest absolute Gasteiger partial charge is 0.452 e. The summed E-state index contributed by atoms with van der Waals surface area (Å²) in [4.78, 5) is 71.7. The maximum Gasteiger partial charge on any atom is 0.356 e. The first kappa shape index (κ1) is 45.3. The number of esters is 3. The van der Waals surface area contributed by atoms with Crippen LogP contribution in [0.3, 0.4) is 0 Å². The van der Waals surface area contributed by atoms with Gasteiger partial charge in [-0.2, -0.15) is 0 Å². The molecular weight excluding hydrogens is 885 g/mol. The molecule has 6 aromatic rings. The molecule has 4 atom stereocenters. The van der Waals surface area contributed by atoms with Gasteiger partial charge in [-0.15, -0.1) is 5.10 Å². The molecule has 0 radical (unpaired) electrons. The third kappa shape index (κ3) is 9.28. The monoisotopic (exact) mass is 926 g/mol. The van der Waals surface area contributed by atoms with E-state index in [9.17, 15) is 28.2 Å². The number of β-lactam (4-membered cyclic amide) rings is 1. The third-order valence-electron chi connectivity index (χ3n) is 10.9. The first-order valence-electron chi connectivity index (χ1n) is 20.5. The number of amides is 2. The topological polar surface area (TPSA) is 198 Å². The molecular formula is C48H42N6O10S2. The predicted octanol–water partition coefficient (Wildman–Crippen LogP) is 5.32. The van der Waals surface area contributed by atoms with Crippen molar-refractivity contribution >= 4 is 52.3 Å². The van der Waals surface area contributed by atoms with Gasteiger partial charge in [-0.25, -0.2) is 9.48 Å². The summed E-state index contributed by atoms with van der Waals surface area (Å²) in [7, 11) is 0.783. The Labute approximate surface area is 385 Å². The molecule has 8 rings (SSSR count). The van der Waals surface area contributed by atoms with Gasteiger partial charge in [0, 0.05) is 26.8 Å². The second kappa shape index (κ2) is 19.9. The number of nitrogens with zero attached hydrogens (tertiary/aromatic N) is 5. The van der Waals surface area contributed by atoms with E-state index in [0.717, 1.165) is 23.8 Å². The fourth-order valence-corrected chi connectivity index (χ4v) is 10.6. The minimum Gasteiger partial charge on any atom is -0.452 e. The number of carbonyl (C=O) groups is 5. The number of aryl methyl sites for hydroxylation is 1. The first-order valence-corrected chi connectivity index (χ1v) is 22.9. The number of methoxy groups -OCH3 is 1. The van der Waals surface area contributed by atoms with Crippen LogP contribution in [0.4, 0.5) is 0 Å². The van der Waals surface area contributed by atoms with E-state index in [1.165, 1.54) is 35.9 Å². The minimum absolute atomic E-state index is 0.0375. The summed E-state index contributed by atoms with van der Waals surface area (Å²) < 4.78 is 39.4. The number of rotatable bonds is 16. The standard InChI is InChI=1S/C48H42N6O10S2/c1-30(55)62-37-26-24-31(25-27-37)38(43(57)63-40(32-16-8-4-9-17-32)33-18-10-5-11-19-33)42(56)49-48(61-3)45(59)54-39(36(29-66(60)46(48)54)28-65-47-50-51-52-53(47)2)44(58)64-41(34-20-12-6-13-21-34)35-22-14-7-15-23-35/h4-27,38,40-41,46H,28-29H2,1-3H3,(H,49,56)/t38?,46-,48-,66?/m0/s1. The summed E-state index contributed by atoms with van der Waals surface area (Å²) in [5.74, 6) is -6.25. The van der Waals surface area contributed by atoms with Crippen molar-refractivity contribution in [3.8, 4) is 5.75 Å². The smallest absolute Gasteiger partial charge is 0.356 e. The van der Waals surface area contributed by atoms with Gasteiger partial charge in [-0.1, -0.05) is 145 Å². The zero-order chi connectivity index (χ0) is 46.4. The van der Waals surface area contributed by atoms with Crippen LogP contribution in [0.5, 0.6) is 5.75 Å². The maximum atomic E-state index is 14.8. The summed E-state index contributed by atoms with van der Waals surface area (Å²) in [6, 6.07) is 41.7. The third-order valence-corrected chi connectivity index (χ3v) is 13.7. The zero-order valence-electron chi connectivity index (χ0n) is 35.7. The van der Waals surface area contributed by atoms with Crippen molar-refractivity contribution in [3.05, 3.63) is 185 Å². The van der Waals surface area contributed by atoms with Crippen LogP contribution in [-0.4, -0.2) is 88.8 Å². The molecule has 1 N–H and O–H groups in total. The van der Waals surface area contributed by atoms with Crippen molar-refractivity contribution in [2.45, 2.75) is 41.3 Å². The van der Waals surface area contributed by atoms with E-state index in [2.05, 4.69) is 20.8 Å². The average Bonchev–Trinajstić information content (AvgIpc) is 3.76. The van der Waals surface area contributed by atoms with Crippen LogP contribution in [0.1, 0.15) is 52.9 Å². The molecule has 0 bridgehead atoms. The lowest BCUT2D eigenvalue weighted by Crippen LogP contribution is -2.83. The first-order chi connectivity index (χ1) is 32.0. The minimum atomic E-state index is -2.33. The van der Waals surface area contributed by atoms with Crippen molar-refractivity contribution in [2.75, 3.05) is 18.6 Å². The molecule has 2 aliphatic rings. The van der Waals surface area contributed by atoms with Gasteiger partial charge in [0.05, 0.1) is 16.6 Å². The Hall–Kier alpha value is -7.28. The van der Waals surface area contributed by atoms with E-state index in [4.69, 9.17) is 18.9 Å². The summed E-state index contributed by atoms with van der Waals surface area (Å²) in [5, 5.41) is 13.1. The fraction of sp³-hybridized carbons (Fsp3) is 0.208. The highest BCUT2D eigenvalue weighted by Gasteiger charge is 2.69. The zero-order valence-corrected chi connectivity index (χ0v) is 37.3. The molecule has 2 unspecified atom stereocenters. The normalized spacial score (nSPS) is 18.3. The number of nitrogens with one attached hydrogen (secondary N) is 1. The number of fused-ring (bicyclic) bond motifs is 1. The Balaban J connectivity index is 1.15. The van der Waals surface area contributed by atoms with Gasteiger partial charge in [0.25, 0.3) is 11.6 Å². The number of tetrazole rings is 1.